The molecule has 0 unspecified atom stereocenters. The van der Waals surface area contributed by atoms with E-state index in [9.17, 15) is 12.8 Å². The van der Waals surface area contributed by atoms with Crippen molar-refractivity contribution in [1.82, 2.24) is 0 Å². The summed E-state index contributed by atoms with van der Waals surface area (Å²) in [5, 5.41) is 0. The van der Waals surface area contributed by atoms with Crippen LogP contribution >= 0.6 is 10.7 Å². The van der Waals surface area contributed by atoms with Crippen LogP contribution in [0.15, 0.2) is 12.1 Å². The fraction of sp³-hybridized carbons (Fsp3) is 0.455. The zero-order valence-corrected chi connectivity index (χ0v) is 11.8. The fourth-order valence-corrected chi connectivity index (χ4v) is 2.32. The minimum atomic E-state index is -3.83. The molecule has 4 nitrogen and oxygen atoms in total. The van der Waals surface area contributed by atoms with Gasteiger partial charge in [-0.25, -0.2) is 12.8 Å². The van der Waals surface area contributed by atoms with Gasteiger partial charge in [-0.2, -0.15) is 0 Å². The first kappa shape index (κ1) is 15.0. The molecule has 0 heterocycles. The fourth-order valence-electron chi connectivity index (χ4n) is 1.38. The van der Waals surface area contributed by atoms with E-state index in [1.807, 2.05) is 0 Å². The molecule has 0 saturated carbocycles. The van der Waals surface area contributed by atoms with Crippen LogP contribution in [0.2, 0.25) is 0 Å². The molecule has 0 saturated heterocycles. The lowest BCUT2D eigenvalue weighted by atomic mass is 10.2. The van der Waals surface area contributed by atoms with E-state index in [0.29, 0.717) is 0 Å². The number of methoxy groups -OCH3 is 1. The topological polar surface area (TPSA) is 52.6 Å². The third-order valence-electron chi connectivity index (χ3n) is 2.02. The standard InChI is InChI=1S/C11H14ClFO4S/c1-7(2)17-11-4-8(6-18(12,14)15)9(13)5-10(11)16-3/h4-5,7H,6H2,1-3H3. The Kier molecular flexibility index (Phi) is 4.81. The number of ether oxygens (including phenoxy) is 2. The molecule has 0 aliphatic rings. The molecule has 1 aromatic rings. The highest BCUT2D eigenvalue weighted by Gasteiger charge is 2.17. The summed E-state index contributed by atoms with van der Waals surface area (Å²) >= 11 is 0. The summed E-state index contributed by atoms with van der Waals surface area (Å²) in [7, 11) is 2.65. The van der Waals surface area contributed by atoms with E-state index in [2.05, 4.69) is 0 Å². The number of benzene rings is 1. The van der Waals surface area contributed by atoms with Crippen molar-refractivity contribution in [1.29, 1.82) is 0 Å². The van der Waals surface area contributed by atoms with E-state index < -0.39 is 20.6 Å². The monoisotopic (exact) mass is 296 g/mol. The van der Waals surface area contributed by atoms with Gasteiger partial charge in [0.1, 0.15) is 5.82 Å². The smallest absolute Gasteiger partial charge is 0.236 e. The normalized spacial score (nSPS) is 11.7. The van der Waals surface area contributed by atoms with Gasteiger partial charge in [0.05, 0.1) is 19.0 Å². The predicted octanol–water partition coefficient (Wildman–Crippen LogP) is 2.69. The summed E-state index contributed by atoms with van der Waals surface area (Å²) in [6.07, 6.45) is -0.148. The van der Waals surface area contributed by atoms with Crippen LogP contribution in [-0.4, -0.2) is 21.6 Å². The average Bonchev–Trinajstić information content (AvgIpc) is 2.19. The van der Waals surface area contributed by atoms with Gasteiger partial charge in [0.25, 0.3) is 0 Å². The van der Waals surface area contributed by atoms with Crippen LogP contribution < -0.4 is 9.47 Å². The number of hydrogen-bond acceptors (Lipinski definition) is 4. The Labute approximate surface area is 110 Å². The molecule has 0 aromatic heterocycles. The van der Waals surface area contributed by atoms with E-state index in [1.54, 1.807) is 13.8 Å². The van der Waals surface area contributed by atoms with Crippen molar-refractivity contribution >= 4 is 19.7 Å². The minimum Gasteiger partial charge on any atom is -0.493 e. The predicted molar refractivity (Wildman–Crippen MR) is 67.2 cm³/mol. The zero-order valence-electron chi connectivity index (χ0n) is 10.2. The summed E-state index contributed by atoms with van der Waals surface area (Å²) in [5.74, 6) is -0.813. The van der Waals surface area contributed by atoms with Crippen molar-refractivity contribution in [3.63, 3.8) is 0 Å². The molecule has 0 atom stereocenters. The van der Waals surface area contributed by atoms with Gasteiger partial charge in [0, 0.05) is 22.3 Å². The molecule has 0 fully saturated rings. The molecule has 0 radical (unpaired) electrons. The van der Waals surface area contributed by atoms with Crippen LogP contribution in [0, 0.1) is 5.82 Å². The van der Waals surface area contributed by atoms with Gasteiger partial charge >= 0.3 is 0 Å². The maximum Gasteiger partial charge on any atom is 0.236 e. The molecule has 1 rings (SSSR count). The third-order valence-corrected chi connectivity index (χ3v) is 3.01. The Hall–Kier alpha value is -1.01. The second kappa shape index (κ2) is 5.75. The lowest BCUT2D eigenvalue weighted by molar-refractivity contribution is 0.229. The Morgan fingerprint density at radius 3 is 2.39 bits per heavy atom. The summed E-state index contributed by atoms with van der Waals surface area (Å²) in [6, 6.07) is 2.36. The van der Waals surface area contributed by atoms with Crippen LogP contribution in [0.5, 0.6) is 11.5 Å². The molecule has 0 spiro atoms. The SMILES string of the molecule is COc1cc(F)c(CS(=O)(=O)Cl)cc1OC(C)C. The number of halogens is 2. The van der Waals surface area contributed by atoms with E-state index in [1.165, 1.54) is 13.2 Å². The van der Waals surface area contributed by atoms with Gasteiger partial charge in [-0.3, -0.25) is 0 Å². The average molecular weight is 297 g/mol. The molecular formula is C11H14ClFO4S. The van der Waals surface area contributed by atoms with Crippen molar-refractivity contribution in [2.45, 2.75) is 25.7 Å². The van der Waals surface area contributed by atoms with E-state index in [0.717, 1.165) is 6.07 Å². The van der Waals surface area contributed by atoms with E-state index >= 15 is 0 Å². The quantitative estimate of drug-likeness (QED) is 0.784. The molecule has 102 valence electrons. The second-order valence-corrected chi connectivity index (χ2v) is 6.72. The van der Waals surface area contributed by atoms with Crippen LogP contribution in [0.25, 0.3) is 0 Å². The van der Waals surface area contributed by atoms with Gasteiger partial charge in [-0.05, 0) is 19.9 Å². The van der Waals surface area contributed by atoms with Gasteiger partial charge in [0.15, 0.2) is 11.5 Å². The lowest BCUT2D eigenvalue weighted by Gasteiger charge is -2.15. The van der Waals surface area contributed by atoms with Gasteiger partial charge in [0.2, 0.25) is 9.05 Å². The van der Waals surface area contributed by atoms with Crippen molar-refractivity contribution in [2.24, 2.45) is 0 Å². The highest BCUT2D eigenvalue weighted by atomic mass is 35.7. The Morgan fingerprint density at radius 1 is 1.33 bits per heavy atom. The summed E-state index contributed by atoms with van der Waals surface area (Å²) in [4.78, 5) is 0. The Bertz CT molecular complexity index is 528. The third kappa shape index (κ3) is 4.34. The highest BCUT2D eigenvalue weighted by Crippen LogP contribution is 2.32. The van der Waals surface area contributed by atoms with Crippen LogP contribution in [0.3, 0.4) is 0 Å². The molecule has 1 aromatic carbocycles. The maximum atomic E-state index is 13.6. The molecule has 0 aliphatic heterocycles. The summed E-state index contributed by atoms with van der Waals surface area (Å²) < 4.78 is 45.9. The van der Waals surface area contributed by atoms with Crippen molar-refractivity contribution < 1.29 is 22.3 Å². The molecule has 0 N–H and O–H groups in total. The van der Waals surface area contributed by atoms with Crippen molar-refractivity contribution in [2.75, 3.05) is 7.11 Å². The Morgan fingerprint density at radius 2 is 1.94 bits per heavy atom. The van der Waals surface area contributed by atoms with Crippen LogP contribution in [0.4, 0.5) is 4.39 Å². The van der Waals surface area contributed by atoms with Gasteiger partial charge in [-0.15, -0.1) is 0 Å². The van der Waals surface area contributed by atoms with Crippen LogP contribution in [0.1, 0.15) is 19.4 Å². The largest absolute Gasteiger partial charge is 0.493 e. The Balaban J connectivity index is 3.20. The molecule has 7 heteroatoms. The van der Waals surface area contributed by atoms with Gasteiger partial charge < -0.3 is 9.47 Å². The maximum absolute atomic E-state index is 13.6. The number of rotatable bonds is 5. The lowest BCUT2D eigenvalue weighted by Crippen LogP contribution is -2.08. The van der Waals surface area contributed by atoms with Crippen molar-refractivity contribution in [3.8, 4) is 11.5 Å². The summed E-state index contributed by atoms with van der Waals surface area (Å²) in [6.45, 7) is 3.58. The number of hydrogen-bond donors (Lipinski definition) is 0. The van der Waals surface area contributed by atoms with Crippen LogP contribution in [-0.2, 0) is 14.8 Å². The first-order valence-electron chi connectivity index (χ1n) is 5.18. The first-order valence-corrected chi connectivity index (χ1v) is 7.66. The molecule has 0 amide bonds. The van der Waals surface area contributed by atoms with E-state index in [4.69, 9.17) is 20.2 Å². The minimum absolute atomic E-state index is 0.0542. The highest BCUT2D eigenvalue weighted by molar-refractivity contribution is 8.13. The summed E-state index contributed by atoms with van der Waals surface area (Å²) in [5.41, 5.74) is -0.0542. The molecule has 0 bridgehead atoms. The second-order valence-electron chi connectivity index (χ2n) is 3.94. The van der Waals surface area contributed by atoms with Gasteiger partial charge in [-0.1, -0.05) is 0 Å². The molecule has 18 heavy (non-hydrogen) atoms. The molecular weight excluding hydrogens is 283 g/mol. The molecule has 0 aliphatic carbocycles. The van der Waals surface area contributed by atoms with E-state index in [-0.39, 0.29) is 23.2 Å². The first-order chi connectivity index (χ1) is 8.23. The van der Waals surface area contributed by atoms with Crippen molar-refractivity contribution in [3.05, 3.63) is 23.5 Å². The zero-order chi connectivity index (χ0) is 13.9.